The number of nitrogen functional groups attached to an aromatic ring is 1. The lowest BCUT2D eigenvalue weighted by atomic mass is 10.0. The lowest BCUT2D eigenvalue weighted by molar-refractivity contribution is -0.385. The fourth-order valence-corrected chi connectivity index (χ4v) is 1.22. The summed E-state index contributed by atoms with van der Waals surface area (Å²) in [5, 5.41) is 27.8. The Morgan fingerprint density at radius 1 is 1.62 bits per heavy atom. The molecule has 1 rings (SSSR count). The third kappa shape index (κ3) is 2.24. The Morgan fingerprint density at radius 3 is 2.69 bits per heavy atom. The fourth-order valence-electron chi connectivity index (χ4n) is 1.22. The molecule has 0 saturated heterocycles. The average molecular weight is 221 g/mol. The van der Waals surface area contributed by atoms with Crippen LogP contribution in [-0.4, -0.2) is 16.0 Å². The molecule has 0 spiro atoms. The summed E-state index contributed by atoms with van der Waals surface area (Å²) in [5.74, 6) is -1.20. The van der Waals surface area contributed by atoms with E-state index in [0.717, 1.165) is 12.1 Å². The van der Waals surface area contributed by atoms with Crippen LogP contribution in [0.25, 0.3) is 0 Å². The molecule has 7 nitrogen and oxygen atoms in total. The van der Waals surface area contributed by atoms with Crippen LogP contribution in [0.1, 0.15) is 11.1 Å². The maximum absolute atomic E-state index is 10.6. The van der Waals surface area contributed by atoms with Gasteiger partial charge in [0.15, 0.2) is 0 Å². The largest absolute Gasteiger partial charge is 0.481 e. The molecule has 0 atom stereocenters. The van der Waals surface area contributed by atoms with E-state index in [4.69, 9.17) is 16.1 Å². The van der Waals surface area contributed by atoms with Crippen molar-refractivity contribution in [2.45, 2.75) is 6.42 Å². The molecule has 0 aromatic heterocycles. The lowest BCUT2D eigenvalue weighted by Crippen LogP contribution is -2.05. The van der Waals surface area contributed by atoms with E-state index in [9.17, 15) is 14.9 Å². The minimum absolute atomic E-state index is 0.0194. The molecule has 0 fully saturated rings. The van der Waals surface area contributed by atoms with Crippen LogP contribution in [0.5, 0.6) is 0 Å². The zero-order valence-corrected chi connectivity index (χ0v) is 8.01. The molecule has 1 aromatic rings. The molecule has 0 saturated carbocycles. The molecule has 0 aliphatic heterocycles. The van der Waals surface area contributed by atoms with Gasteiger partial charge in [0, 0.05) is 11.6 Å². The van der Waals surface area contributed by atoms with E-state index in [1.807, 2.05) is 0 Å². The van der Waals surface area contributed by atoms with E-state index in [2.05, 4.69) is 0 Å². The molecule has 0 bridgehead atoms. The fraction of sp³-hybridized carbons (Fsp3) is 0.111. The molecule has 16 heavy (non-hydrogen) atoms. The third-order valence-corrected chi connectivity index (χ3v) is 1.91. The monoisotopic (exact) mass is 221 g/mol. The second-order valence-corrected chi connectivity index (χ2v) is 3.01. The topological polar surface area (TPSA) is 130 Å². The van der Waals surface area contributed by atoms with Crippen LogP contribution in [-0.2, 0) is 11.2 Å². The highest BCUT2D eigenvalue weighted by atomic mass is 16.6. The van der Waals surface area contributed by atoms with Gasteiger partial charge in [0.2, 0.25) is 0 Å². The van der Waals surface area contributed by atoms with Gasteiger partial charge in [0.05, 0.1) is 22.6 Å². The van der Waals surface area contributed by atoms with E-state index in [-0.39, 0.29) is 16.8 Å². The van der Waals surface area contributed by atoms with E-state index in [1.54, 1.807) is 6.07 Å². The van der Waals surface area contributed by atoms with Gasteiger partial charge in [0.25, 0.3) is 5.69 Å². The number of nitrogens with zero attached hydrogens (tertiary/aromatic N) is 2. The van der Waals surface area contributed by atoms with Gasteiger partial charge in [-0.15, -0.1) is 0 Å². The van der Waals surface area contributed by atoms with Gasteiger partial charge >= 0.3 is 5.97 Å². The maximum atomic E-state index is 10.6. The first kappa shape index (κ1) is 11.5. The lowest BCUT2D eigenvalue weighted by Gasteiger charge is -2.03. The van der Waals surface area contributed by atoms with Gasteiger partial charge in [-0.25, -0.2) is 0 Å². The normalized spacial score (nSPS) is 9.44. The van der Waals surface area contributed by atoms with Crippen LogP contribution >= 0.6 is 0 Å². The molecule has 1 aromatic carbocycles. The van der Waals surface area contributed by atoms with Crippen LogP contribution in [0.3, 0.4) is 0 Å². The number of nitriles is 1. The second-order valence-electron chi connectivity index (χ2n) is 3.01. The van der Waals surface area contributed by atoms with Crippen LogP contribution in [0.2, 0.25) is 0 Å². The molecule has 0 radical (unpaired) electrons. The molecular formula is C9H7N3O4. The van der Waals surface area contributed by atoms with Crippen LogP contribution in [0.15, 0.2) is 12.1 Å². The van der Waals surface area contributed by atoms with Gasteiger partial charge in [-0.2, -0.15) is 5.26 Å². The number of rotatable bonds is 3. The number of carboxylic acids is 1. The minimum atomic E-state index is -1.20. The van der Waals surface area contributed by atoms with Crippen molar-refractivity contribution in [2.24, 2.45) is 0 Å². The van der Waals surface area contributed by atoms with Crippen molar-refractivity contribution < 1.29 is 14.8 Å². The highest BCUT2D eigenvalue weighted by Crippen LogP contribution is 2.25. The van der Waals surface area contributed by atoms with Crippen molar-refractivity contribution in [3.8, 4) is 6.07 Å². The van der Waals surface area contributed by atoms with E-state index < -0.39 is 23.0 Å². The summed E-state index contributed by atoms with van der Waals surface area (Å²) in [6.07, 6.45) is -0.508. The molecule has 0 unspecified atom stereocenters. The predicted octanol–water partition coefficient (Wildman–Crippen LogP) is 0.676. The second kappa shape index (κ2) is 4.27. The summed E-state index contributed by atoms with van der Waals surface area (Å²) in [6.45, 7) is 0. The van der Waals surface area contributed by atoms with Crippen molar-refractivity contribution in [1.29, 1.82) is 5.26 Å². The number of aliphatic carboxylic acids is 1. The number of anilines is 1. The van der Waals surface area contributed by atoms with E-state index in [0.29, 0.717) is 0 Å². The van der Waals surface area contributed by atoms with Gasteiger partial charge in [0.1, 0.15) is 6.07 Å². The number of nitro groups is 1. The zero-order valence-electron chi connectivity index (χ0n) is 8.01. The highest BCUT2D eigenvalue weighted by Gasteiger charge is 2.19. The quantitative estimate of drug-likeness (QED) is 0.438. The number of nitro benzene ring substituents is 1. The van der Waals surface area contributed by atoms with E-state index in [1.165, 1.54) is 0 Å². The number of nitrogens with two attached hydrogens (primary N) is 1. The van der Waals surface area contributed by atoms with Gasteiger partial charge < -0.3 is 10.8 Å². The Hall–Kier alpha value is -2.62. The first-order chi connectivity index (χ1) is 7.45. The summed E-state index contributed by atoms with van der Waals surface area (Å²) < 4.78 is 0. The van der Waals surface area contributed by atoms with Gasteiger partial charge in [-0.05, 0) is 6.07 Å². The summed E-state index contributed by atoms with van der Waals surface area (Å²) >= 11 is 0. The Morgan fingerprint density at radius 2 is 2.25 bits per heavy atom. The minimum Gasteiger partial charge on any atom is -0.481 e. The molecular weight excluding hydrogens is 214 g/mol. The summed E-state index contributed by atoms with van der Waals surface area (Å²) in [5.41, 5.74) is 5.00. The molecule has 0 amide bonds. The Balaban J connectivity index is 3.37. The third-order valence-electron chi connectivity index (χ3n) is 1.91. The van der Waals surface area contributed by atoms with Gasteiger partial charge in [-0.1, -0.05) is 0 Å². The zero-order chi connectivity index (χ0) is 12.3. The van der Waals surface area contributed by atoms with Crippen molar-refractivity contribution in [3.63, 3.8) is 0 Å². The Bertz CT molecular complexity index is 504. The van der Waals surface area contributed by atoms with Crippen LogP contribution < -0.4 is 5.73 Å². The number of hydrogen-bond donors (Lipinski definition) is 2. The maximum Gasteiger partial charge on any atom is 0.308 e. The molecule has 0 aliphatic rings. The smallest absolute Gasteiger partial charge is 0.308 e. The molecule has 0 heterocycles. The van der Waals surface area contributed by atoms with E-state index >= 15 is 0 Å². The number of hydrogen-bond acceptors (Lipinski definition) is 5. The first-order valence-electron chi connectivity index (χ1n) is 4.14. The van der Waals surface area contributed by atoms with Crippen LogP contribution in [0, 0.1) is 21.4 Å². The predicted molar refractivity (Wildman–Crippen MR) is 53.6 cm³/mol. The molecule has 82 valence electrons. The molecule has 7 heteroatoms. The SMILES string of the molecule is N#Cc1cc([N+](=O)[O-])c(CC(=O)O)cc1N. The van der Waals surface area contributed by atoms with Crippen molar-refractivity contribution >= 4 is 17.3 Å². The van der Waals surface area contributed by atoms with Crippen molar-refractivity contribution in [3.05, 3.63) is 33.4 Å². The van der Waals surface area contributed by atoms with Crippen LogP contribution in [0.4, 0.5) is 11.4 Å². The Labute approximate surface area is 89.9 Å². The highest BCUT2D eigenvalue weighted by molar-refractivity contribution is 5.74. The van der Waals surface area contributed by atoms with Gasteiger partial charge in [-0.3, -0.25) is 14.9 Å². The summed E-state index contributed by atoms with van der Waals surface area (Å²) in [4.78, 5) is 20.4. The Kier molecular flexibility index (Phi) is 3.06. The number of carboxylic acid groups (broad SMARTS) is 1. The molecule has 0 aliphatic carbocycles. The number of benzene rings is 1. The van der Waals surface area contributed by atoms with Crippen molar-refractivity contribution in [2.75, 3.05) is 5.73 Å². The summed E-state index contributed by atoms with van der Waals surface area (Å²) in [6, 6.07) is 3.82. The standard InChI is InChI=1S/C9H7N3O4/c10-4-6-2-8(12(15)16)5(1-7(6)11)3-9(13)14/h1-2H,3,11H2,(H,13,14). The number of carbonyl (C=O) groups is 1. The summed E-state index contributed by atoms with van der Waals surface area (Å²) in [7, 11) is 0. The molecule has 3 N–H and O–H groups in total. The first-order valence-corrected chi connectivity index (χ1v) is 4.14. The van der Waals surface area contributed by atoms with Crippen molar-refractivity contribution in [1.82, 2.24) is 0 Å². The average Bonchev–Trinajstić information content (AvgIpc) is 2.16.